The van der Waals surface area contributed by atoms with E-state index in [1.54, 1.807) is 6.07 Å². The van der Waals surface area contributed by atoms with E-state index >= 15 is 0 Å². The van der Waals surface area contributed by atoms with Crippen LogP contribution in [-0.2, 0) is 11.3 Å². The van der Waals surface area contributed by atoms with Gasteiger partial charge in [-0.1, -0.05) is 36.8 Å². The van der Waals surface area contributed by atoms with E-state index in [1.807, 2.05) is 43.5 Å². The molecular formula is C19H21N3O2S. The van der Waals surface area contributed by atoms with Crippen molar-refractivity contribution >= 4 is 27.5 Å². The molecule has 3 aromatic rings. The molecule has 130 valence electrons. The molecule has 6 heteroatoms. The standard InChI is InChI=1S/C19H21N3O2S/c1-3-16(14-6-4-13(2)5-7-14)21-17(23)8-10-22-12-20-18-15(19(22)24)9-11-25-18/h4-7,9,11-12,16H,3,8,10H2,1-2H3,(H,21,23)/t16-/m1/s1. The highest BCUT2D eigenvalue weighted by atomic mass is 32.1. The summed E-state index contributed by atoms with van der Waals surface area (Å²) in [7, 11) is 0. The third-order valence-corrected chi connectivity index (χ3v) is 5.07. The van der Waals surface area contributed by atoms with Crippen LogP contribution in [0.4, 0.5) is 0 Å². The zero-order valence-electron chi connectivity index (χ0n) is 14.4. The Hall–Kier alpha value is -2.47. The number of carbonyl (C=O) groups excluding carboxylic acids is 1. The molecule has 0 spiro atoms. The fourth-order valence-corrected chi connectivity index (χ4v) is 3.48. The fraction of sp³-hybridized carbons (Fsp3) is 0.316. The van der Waals surface area contributed by atoms with Gasteiger partial charge in [0.25, 0.3) is 5.56 Å². The minimum Gasteiger partial charge on any atom is -0.349 e. The van der Waals surface area contributed by atoms with Crippen LogP contribution in [0.1, 0.15) is 36.9 Å². The number of rotatable bonds is 6. The van der Waals surface area contributed by atoms with Crippen molar-refractivity contribution in [1.82, 2.24) is 14.9 Å². The van der Waals surface area contributed by atoms with Gasteiger partial charge < -0.3 is 5.32 Å². The van der Waals surface area contributed by atoms with Crippen molar-refractivity contribution < 1.29 is 4.79 Å². The maximum Gasteiger partial charge on any atom is 0.262 e. The van der Waals surface area contributed by atoms with E-state index in [4.69, 9.17) is 0 Å². The van der Waals surface area contributed by atoms with Gasteiger partial charge in [0.05, 0.1) is 17.8 Å². The molecule has 1 amide bonds. The summed E-state index contributed by atoms with van der Waals surface area (Å²) in [6, 6.07) is 9.95. The first-order valence-electron chi connectivity index (χ1n) is 8.37. The second-order valence-corrected chi connectivity index (χ2v) is 6.97. The first-order chi connectivity index (χ1) is 12.1. The Morgan fingerprint density at radius 1 is 1.28 bits per heavy atom. The molecule has 1 N–H and O–H groups in total. The van der Waals surface area contributed by atoms with Gasteiger partial charge in [-0.25, -0.2) is 4.98 Å². The summed E-state index contributed by atoms with van der Waals surface area (Å²) >= 11 is 1.44. The summed E-state index contributed by atoms with van der Waals surface area (Å²) in [6.07, 6.45) is 2.59. The lowest BCUT2D eigenvalue weighted by molar-refractivity contribution is -0.122. The van der Waals surface area contributed by atoms with E-state index in [0.29, 0.717) is 11.9 Å². The quantitative estimate of drug-likeness (QED) is 0.737. The van der Waals surface area contributed by atoms with Crippen LogP contribution in [0.25, 0.3) is 10.2 Å². The maximum atomic E-state index is 12.3. The summed E-state index contributed by atoms with van der Waals surface area (Å²) in [6.45, 7) is 4.41. The lowest BCUT2D eigenvalue weighted by Gasteiger charge is -2.18. The monoisotopic (exact) mass is 355 g/mol. The summed E-state index contributed by atoms with van der Waals surface area (Å²) in [5.74, 6) is -0.0651. The van der Waals surface area contributed by atoms with Crippen molar-refractivity contribution in [2.45, 2.75) is 39.3 Å². The Morgan fingerprint density at radius 2 is 2.04 bits per heavy atom. The van der Waals surface area contributed by atoms with Crippen LogP contribution >= 0.6 is 11.3 Å². The third kappa shape index (κ3) is 3.96. The smallest absolute Gasteiger partial charge is 0.262 e. The van der Waals surface area contributed by atoms with E-state index in [2.05, 4.69) is 10.3 Å². The maximum absolute atomic E-state index is 12.3. The van der Waals surface area contributed by atoms with Crippen molar-refractivity contribution in [3.63, 3.8) is 0 Å². The van der Waals surface area contributed by atoms with Gasteiger partial charge in [-0.15, -0.1) is 11.3 Å². The van der Waals surface area contributed by atoms with Gasteiger partial charge >= 0.3 is 0 Å². The molecule has 1 atom stereocenters. The molecule has 25 heavy (non-hydrogen) atoms. The Balaban J connectivity index is 1.64. The van der Waals surface area contributed by atoms with E-state index in [9.17, 15) is 9.59 Å². The number of amides is 1. The molecule has 2 aromatic heterocycles. The van der Waals surface area contributed by atoms with Gasteiger partial charge in [0.2, 0.25) is 5.91 Å². The molecule has 0 radical (unpaired) electrons. The Labute approximate surface area is 150 Å². The third-order valence-electron chi connectivity index (χ3n) is 4.25. The van der Waals surface area contributed by atoms with Crippen molar-refractivity contribution in [3.05, 3.63) is 63.5 Å². The molecule has 0 aliphatic carbocycles. The van der Waals surface area contributed by atoms with Crippen LogP contribution in [0, 0.1) is 6.92 Å². The molecule has 0 aliphatic rings. The highest BCUT2D eigenvalue weighted by Crippen LogP contribution is 2.17. The van der Waals surface area contributed by atoms with E-state index in [0.717, 1.165) is 16.8 Å². The second kappa shape index (κ2) is 7.61. The van der Waals surface area contributed by atoms with Crippen LogP contribution in [0.3, 0.4) is 0 Å². The zero-order chi connectivity index (χ0) is 17.8. The van der Waals surface area contributed by atoms with Crippen LogP contribution in [0.15, 0.2) is 46.8 Å². The summed E-state index contributed by atoms with van der Waals surface area (Å²) < 4.78 is 1.50. The number of aryl methyl sites for hydroxylation is 2. The highest BCUT2D eigenvalue weighted by molar-refractivity contribution is 7.16. The van der Waals surface area contributed by atoms with Crippen molar-refractivity contribution in [2.24, 2.45) is 0 Å². The lowest BCUT2D eigenvalue weighted by Crippen LogP contribution is -2.30. The fourth-order valence-electron chi connectivity index (χ4n) is 2.76. The van der Waals surface area contributed by atoms with Crippen LogP contribution in [0.2, 0.25) is 0 Å². The van der Waals surface area contributed by atoms with Gasteiger partial charge in [0.1, 0.15) is 4.83 Å². The SMILES string of the molecule is CC[C@@H](NC(=O)CCn1cnc2sccc2c1=O)c1ccc(C)cc1. The van der Waals surface area contributed by atoms with E-state index in [-0.39, 0.29) is 23.9 Å². The van der Waals surface area contributed by atoms with Gasteiger partial charge in [-0.05, 0) is 30.4 Å². The number of hydrogen-bond donors (Lipinski definition) is 1. The van der Waals surface area contributed by atoms with Gasteiger partial charge in [0.15, 0.2) is 0 Å². The average Bonchev–Trinajstić information content (AvgIpc) is 3.09. The summed E-state index contributed by atoms with van der Waals surface area (Å²) in [4.78, 5) is 29.6. The molecule has 5 nitrogen and oxygen atoms in total. The van der Waals surface area contributed by atoms with Crippen LogP contribution < -0.4 is 10.9 Å². The summed E-state index contributed by atoms with van der Waals surface area (Å²) in [5, 5.41) is 5.51. The molecule has 0 bridgehead atoms. The molecule has 0 fully saturated rings. The predicted molar refractivity (Wildman–Crippen MR) is 101 cm³/mol. The highest BCUT2D eigenvalue weighted by Gasteiger charge is 2.13. The minimum absolute atomic E-state index is 0.0118. The number of thiophene rings is 1. The molecule has 0 saturated carbocycles. The second-order valence-electron chi connectivity index (χ2n) is 6.07. The minimum atomic E-state index is -0.0929. The first-order valence-corrected chi connectivity index (χ1v) is 9.25. The number of nitrogens with one attached hydrogen (secondary N) is 1. The molecule has 0 aliphatic heterocycles. The van der Waals surface area contributed by atoms with Crippen LogP contribution in [0.5, 0.6) is 0 Å². The summed E-state index contributed by atoms with van der Waals surface area (Å²) in [5.41, 5.74) is 2.20. The first kappa shape index (κ1) is 17.4. The molecular weight excluding hydrogens is 334 g/mol. The lowest BCUT2D eigenvalue weighted by atomic mass is 10.0. The van der Waals surface area contributed by atoms with E-state index < -0.39 is 0 Å². The molecule has 0 unspecified atom stereocenters. The largest absolute Gasteiger partial charge is 0.349 e. The number of hydrogen-bond acceptors (Lipinski definition) is 4. The number of aromatic nitrogens is 2. The molecule has 3 rings (SSSR count). The average molecular weight is 355 g/mol. The molecule has 2 heterocycles. The van der Waals surface area contributed by atoms with Gasteiger partial charge in [-0.3, -0.25) is 14.2 Å². The molecule has 1 aromatic carbocycles. The van der Waals surface area contributed by atoms with Crippen molar-refractivity contribution in [1.29, 1.82) is 0 Å². The predicted octanol–water partition coefficient (Wildman–Crippen LogP) is 3.42. The van der Waals surface area contributed by atoms with Gasteiger partial charge in [0, 0.05) is 13.0 Å². The number of benzene rings is 1. The zero-order valence-corrected chi connectivity index (χ0v) is 15.2. The van der Waals surface area contributed by atoms with Gasteiger partial charge in [-0.2, -0.15) is 0 Å². The van der Waals surface area contributed by atoms with E-state index in [1.165, 1.54) is 27.8 Å². The Kier molecular flexibility index (Phi) is 5.28. The normalized spacial score (nSPS) is 12.2. The number of fused-ring (bicyclic) bond motifs is 1. The Bertz CT molecular complexity index is 928. The number of carbonyl (C=O) groups is 1. The van der Waals surface area contributed by atoms with Crippen molar-refractivity contribution in [2.75, 3.05) is 0 Å². The topological polar surface area (TPSA) is 64.0 Å². The van der Waals surface area contributed by atoms with Crippen molar-refractivity contribution in [3.8, 4) is 0 Å². The number of nitrogens with zero attached hydrogens (tertiary/aromatic N) is 2. The van der Waals surface area contributed by atoms with Crippen LogP contribution in [-0.4, -0.2) is 15.5 Å². The Morgan fingerprint density at radius 3 is 2.76 bits per heavy atom. The molecule has 0 saturated heterocycles.